The molecule has 2 heterocycles. The van der Waals surface area contributed by atoms with Crippen LogP contribution in [0.3, 0.4) is 0 Å². The number of amides is 1. The first-order chi connectivity index (χ1) is 11.7. The Labute approximate surface area is 140 Å². The zero-order valence-corrected chi connectivity index (χ0v) is 13.3. The molecule has 0 saturated heterocycles. The van der Waals surface area contributed by atoms with Crippen LogP contribution in [0.4, 0.5) is 0 Å². The van der Waals surface area contributed by atoms with Crippen molar-refractivity contribution in [3.63, 3.8) is 0 Å². The predicted octanol–water partition coefficient (Wildman–Crippen LogP) is 2.63. The van der Waals surface area contributed by atoms with E-state index in [-0.39, 0.29) is 11.7 Å². The fraction of sp³-hybridized carbons (Fsp3) is 0.211. The van der Waals surface area contributed by atoms with Crippen molar-refractivity contribution in [2.75, 3.05) is 0 Å². The highest BCUT2D eigenvalue weighted by molar-refractivity contribution is 6.01. The van der Waals surface area contributed by atoms with Crippen LogP contribution in [0, 0.1) is 11.3 Å². The molecule has 1 aromatic carbocycles. The molecule has 0 fully saturated rings. The van der Waals surface area contributed by atoms with Gasteiger partial charge in [-0.05, 0) is 47.9 Å². The minimum absolute atomic E-state index is 0.0748. The summed E-state index contributed by atoms with van der Waals surface area (Å²) in [5, 5.41) is 12.0. The van der Waals surface area contributed by atoms with Crippen LogP contribution in [-0.4, -0.2) is 17.0 Å². The summed E-state index contributed by atoms with van der Waals surface area (Å²) >= 11 is 0. The van der Waals surface area contributed by atoms with Crippen molar-refractivity contribution in [1.29, 1.82) is 5.26 Å². The highest BCUT2D eigenvalue weighted by Crippen LogP contribution is 2.29. The summed E-state index contributed by atoms with van der Waals surface area (Å²) in [6.45, 7) is 2.35. The van der Waals surface area contributed by atoms with Crippen LogP contribution >= 0.6 is 0 Å². The van der Waals surface area contributed by atoms with E-state index in [4.69, 9.17) is 4.74 Å². The van der Waals surface area contributed by atoms with E-state index >= 15 is 0 Å². The molecule has 1 amide bonds. The second kappa shape index (κ2) is 6.97. The molecule has 0 bridgehead atoms. The van der Waals surface area contributed by atoms with Crippen LogP contribution in [-0.2, 0) is 17.8 Å². The lowest BCUT2D eigenvalue weighted by Gasteiger charge is -2.05. The van der Waals surface area contributed by atoms with Gasteiger partial charge in [-0.2, -0.15) is 5.26 Å². The molecule has 120 valence electrons. The number of hydrogen-bond donors (Lipinski definition) is 1. The number of nitriles is 1. The van der Waals surface area contributed by atoms with Gasteiger partial charge in [-0.15, -0.1) is 0 Å². The fourth-order valence-electron chi connectivity index (χ4n) is 2.63. The second-order valence-corrected chi connectivity index (χ2v) is 5.71. The molecule has 1 unspecified atom stereocenters. The van der Waals surface area contributed by atoms with E-state index in [1.54, 1.807) is 24.5 Å². The summed E-state index contributed by atoms with van der Waals surface area (Å²) in [5.41, 5.74) is 2.88. The van der Waals surface area contributed by atoms with Gasteiger partial charge in [0.1, 0.15) is 23.5 Å². The lowest BCUT2D eigenvalue weighted by atomic mass is 10.0. The van der Waals surface area contributed by atoms with Gasteiger partial charge in [0.25, 0.3) is 5.91 Å². The lowest BCUT2D eigenvalue weighted by molar-refractivity contribution is -0.117. The number of fused-ring (bicyclic) bond motifs is 1. The van der Waals surface area contributed by atoms with E-state index in [9.17, 15) is 10.1 Å². The molecule has 0 saturated carbocycles. The number of nitrogens with one attached hydrogen (secondary N) is 1. The van der Waals surface area contributed by atoms with Crippen LogP contribution in [0.25, 0.3) is 6.08 Å². The molecule has 2 aromatic rings. The Kier molecular flexibility index (Phi) is 4.57. The highest BCUT2D eigenvalue weighted by atomic mass is 16.5. The normalized spacial score (nSPS) is 16.0. The Bertz CT molecular complexity index is 822. The Morgan fingerprint density at radius 3 is 3.12 bits per heavy atom. The van der Waals surface area contributed by atoms with Gasteiger partial charge >= 0.3 is 0 Å². The zero-order chi connectivity index (χ0) is 16.9. The third kappa shape index (κ3) is 3.61. The van der Waals surface area contributed by atoms with Crippen molar-refractivity contribution in [3.8, 4) is 11.8 Å². The number of carbonyl (C=O) groups excluding carboxylic acids is 1. The maximum Gasteiger partial charge on any atom is 0.262 e. The molecule has 1 aliphatic rings. The minimum Gasteiger partial charge on any atom is -0.490 e. The molecule has 0 radical (unpaired) electrons. The average Bonchev–Trinajstić information content (AvgIpc) is 2.97. The molecular weight excluding hydrogens is 302 g/mol. The summed E-state index contributed by atoms with van der Waals surface area (Å²) in [6.07, 6.45) is 5.95. The number of ether oxygens (including phenoxy) is 1. The van der Waals surface area contributed by atoms with E-state index < -0.39 is 5.91 Å². The first-order valence-electron chi connectivity index (χ1n) is 7.74. The molecule has 1 aliphatic heterocycles. The number of hydrogen-bond acceptors (Lipinski definition) is 4. The van der Waals surface area contributed by atoms with Crippen LogP contribution < -0.4 is 10.1 Å². The molecular formula is C19H17N3O2. The molecule has 1 atom stereocenters. The molecule has 5 nitrogen and oxygen atoms in total. The molecule has 0 spiro atoms. The Hall–Kier alpha value is -3.13. The number of aromatic nitrogens is 1. The van der Waals surface area contributed by atoms with Gasteiger partial charge in [-0.3, -0.25) is 9.78 Å². The Morgan fingerprint density at radius 2 is 2.38 bits per heavy atom. The second-order valence-electron chi connectivity index (χ2n) is 5.71. The highest BCUT2D eigenvalue weighted by Gasteiger charge is 2.19. The summed E-state index contributed by atoms with van der Waals surface area (Å²) in [6, 6.07) is 11.3. The van der Waals surface area contributed by atoms with E-state index in [0.717, 1.165) is 28.9 Å². The van der Waals surface area contributed by atoms with Crippen molar-refractivity contribution in [1.82, 2.24) is 10.3 Å². The van der Waals surface area contributed by atoms with E-state index in [0.29, 0.717) is 6.54 Å². The minimum atomic E-state index is -0.397. The molecule has 1 aromatic heterocycles. The van der Waals surface area contributed by atoms with Crippen molar-refractivity contribution >= 4 is 12.0 Å². The van der Waals surface area contributed by atoms with Gasteiger partial charge in [0.15, 0.2) is 0 Å². The van der Waals surface area contributed by atoms with Crippen molar-refractivity contribution in [3.05, 3.63) is 65.0 Å². The average molecular weight is 319 g/mol. The quantitative estimate of drug-likeness (QED) is 0.694. The van der Waals surface area contributed by atoms with Gasteiger partial charge in [-0.1, -0.05) is 12.1 Å². The number of nitrogens with zero attached hydrogens (tertiary/aromatic N) is 2. The number of rotatable bonds is 4. The van der Waals surface area contributed by atoms with Gasteiger partial charge in [0.05, 0.1) is 0 Å². The van der Waals surface area contributed by atoms with Crippen molar-refractivity contribution in [2.24, 2.45) is 0 Å². The molecule has 0 aliphatic carbocycles. The first kappa shape index (κ1) is 15.8. The van der Waals surface area contributed by atoms with Crippen molar-refractivity contribution in [2.45, 2.75) is 26.0 Å². The third-order valence-corrected chi connectivity index (χ3v) is 3.77. The number of carbonyl (C=O) groups is 1. The number of pyridine rings is 1. The molecule has 5 heteroatoms. The predicted molar refractivity (Wildman–Crippen MR) is 89.9 cm³/mol. The summed E-state index contributed by atoms with van der Waals surface area (Å²) in [4.78, 5) is 16.2. The summed E-state index contributed by atoms with van der Waals surface area (Å²) in [7, 11) is 0. The lowest BCUT2D eigenvalue weighted by Crippen LogP contribution is -2.24. The SMILES string of the molecule is CC1Cc2cc(C=C(C#N)C(=O)NCc3cccnc3)ccc2O1. The topological polar surface area (TPSA) is 75.0 Å². The van der Waals surface area contributed by atoms with Crippen LogP contribution in [0.1, 0.15) is 23.6 Å². The van der Waals surface area contributed by atoms with E-state index in [1.165, 1.54) is 0 Å². The van der Waals surface area contributed by atoms with Crippen molar-refractivity contribution < 1.29 is 9.53 Å². The monoisotopic (exact) mass is 319 g/mol. The van der Waals surface area contributed by atoms with E-state index in [2.05, 4.69) is 10.3 Å². The Morgan fingerprint density at radius 1 is 1.50 bits per heavy atom. The van der Waals surface area contributed by atoms with Gasteiger partial charge in [-0.25, -0.2) is 0 Å². The standard InChI is InChI=1S/C19H17N3O2/c1-13-7-16-8-14(4-5-18(16)24-13)9-17(10-20)19(23)22-12-15-3-2-6-21-11-15/h2-6,8-9,11,13H,7,12H2,1H3,(H,22,23). The maximum atomic E-state index is 12.2. The first-order valence-corrected chi connectivity index (χ1v) is 7.74. The smallest absolute Gasteiger partial charge is 0.262 e. The van der Waals surface area contributed by atoms with E-state index in [1.807, 2.05) is 37.3 Å². The van der Waals surface area contributed by atoms with Gasteiger partial charge < -0.3 is 10.1 Å². The molecule has 3 rings (SSSR count). The molecule has 24 heavy (non-hydrogen) atoms. The fourth-order valence-corrected chi connectivity index (χ4v) is 2.63. The van der Waals surface area contributed by atoms with Crippen LogP contribution in [0.2, 0.25) is 0 Å². The number of benzene rings is 1. The zero-order valence-electron chi connectivity index (χ0n) is 13.3. The van der Waals surface area contributed by atoms with Gasteiger partial charge in [0, 0.05) is 25.4 Å². The summed E-state index contributed by atoms with van der Waals surface area (Å²) in [5.74, 6) is 0.477. The molecule has 1 N–H and O–H groups in total. The largest absolute Gasteiger partial charge is 0.490 e. The van der Waals surface area contributed by atoms with Crippen LogP contribution in [0.15, 0.2) is 48.3 Å². The van der Waals surface area contributed by atoms with Gasteiger partial charge in [0.2, 0.25) is 0 Å². The maximum absolute atomic E-state index is 12.2. The third-order valence-electron chi connectivity index (χ3n) is 3.77. The van der Waals surface area contributed by atoms with Crippen LogP contribution in [0.5, 0.6) is 5.75 Å². The Balaban J connectivity index is 1.71. The summed E-state index contributed by atoms with van der Waals surface area (Å²) < 4.78 is 5.66.